The van der Waals surface area contributed by atoms with Gasteiger partial charge in [-0.1, -0.05) is 0 Å². The Balaban J connectivity index is 3.32. The molecule has 0 heterocycles. The molecule has 0 spiro atoms. The van der Waals surface area contributed by atoms with Crippen LogP contribution in [0.3, 0.4) is 0 Å². The zero-order valence-corrected chi connectivity index (χ0v) is 17.8. The summed E-state index contributed by atoms with van der Waals surface area (Å²) in [5.41, 5.74) is -0.409. The minimum absolute atomic E-state index is 0.00780. The van der Waals surface area contributed by atoms with Crippen LogP contribution in [0.2, 0.25) is 0 Å². The molecule has 0 atom stereocenters. The number of nitrogens with one attached hydrogen (secondary N) is 1. The highest BCUT2D eigenvalue weighted by Gasteiger charge is 2.15. The number of rotatable bonds is 19. The van der Waals surface area contributed by atoms with Gasteiger partial charge in [-0.3, -0.25) is 19.2 Å². The molecule has 29 heavy (non-hydrogen) atoms. The Morgan fingerprint density at radius 2 is 1.48 bits per heavy atom. The third-order valence-electron chi connectivity index (χ3n) is 3.27. The SMILES string of the molecule is CC(C)(C)ON(C=O)CCCOCCOCCOCCCNC(=O)CCC(=O)O. The average molecular weight is 421 g/mol. The van der Waals surface area contributed by atoms with Gasteiger partial charge in [0, 0.05) is 26.2 Å². The summed E-state index contributed by atoms with van der Waals surface area (Å²) in [5.74, 6) is -1.25. The summed E-state index contributed by atoms with van der Waals surface area (Å²) in [7, 11) is 0. The van der Waals surface area contributed by atoms with E-state index in [9.17, 15) is 14.4 Å². The lowest BCUT2D eigenvalue weighted by Crippen LogP contribution is -2.34. The van der Waals surface area contributed by atoms with Crippen LogP contribution in [0.4, 0.5) is 0 Å². The molecule has 0 aromatic rings. The maximum atomic E-state index is 11.3. The summed E-state index contributed by atoms with van der Waals surface area (Å²) in [6.07, 6.45) is 1.82. The molecular weight excluding hydrogens is 384 g/mol. The maximum Gasteiger partial charge on any atom is 0.303 e. The van der Waals surface area contributed by atoms with Crippen LogP contribution < -0.4 is 5.32 Å². The minimum atomic E-state index is -0.982. The fraction of sp³-hybridized carbons (Fsp3) is 0.842. The van der Waals surface area contributed by atoms with Crippen LogP contribution in [0.1, 0.15) is 46.5 Å². The zero-order valence-electron chi connectivity index (χ0n) is 17.8. The van der Waals surface area contributed by atoms with Crippen molar-refractivity contribution in [2.24, 2.45) is 0 Å². The van der Waals surface area contributed by atoms with E-state index < -0.39 is 11.6 Å². The number of hydrogen-bond donors (Lipinski definition) is 2. The van der Waals surface area contributed by atoms with Gasteiger partial charge >= 0.3 is 5.97 Å². The molecule has 0 unspecified atom stereocenters. The zero-order chi connectivity index (χ0) is 22.0. The van der Waals surface area contributed by atoms with Crippen LogP contribution in [0, 0.1) is 0 Å². The van der Waals surface area contributed by atoms with Gasteiger partial charge in [-0.25, -0.2) is 5.06 Å². The van der Waals surface area contributed by atoms with E-state index >= 15 is 0 Å². The number of aliphatic carboxylic acids is 1. The monoisotopic (exact) mass is 420 g/mol. The molecule has 0 aliphatic carbocycles. The smallest absolute Gasteiger partial charge is 0.303 e. The van der Waals surface area contributed by atoms with Crippen molar-refractivity contribution in [3.8, 4) is 0 Å². The Kier molecular flexibility index (Phi) is 16.1. The average Bonchev–Trinajstić information content (AvgIpc) is 2.64. The second-order valence-corrected chi connectivity index (χ2v) is 7.24. The summed E-state index contributed by atoms with van der Waals surface area (Å²) < 4.78 is 16.2. The molecule has 0 radical (unpaired) electrons. The molecule has 0 rings (SSSR count). The third-order valence-corrected chi connectivity index (χ3v) is 3.27. The lowest BCUT2D eigenvalue weighted by atomic mass is 10.2. The van der Waals surface area contributed by atoms with E-state index in [0.717, 1.165) is 0 Å². The summed E-state index contributed by atoms with van der Waals surface area (Å²) in [4.78, 5) is 38.0. The number of carboxylic acids is 1. The van der Waals surface area contributed by atoms with Crippen LogP contribution in [-0.4, -0.2) is 86.8 Å². The Labute approximate surface area is 172 Å². The number of carbonyl (C=O) groups excluding carboxylic acids is 2. The van der Waals surface area contributed by atoms with Crippen molar-refractivity contribution in [3.63, 3.8) is 0 Å². The first-order valence-corrected chi connectivity index (χ1v) is 9.87. The van der Waals surface area contributed by atoms with Crippen molar-refractivity contribution in [1.82, 2.24) is 10.4 Å². The summed E-state index contributed by atoms with van der Waals surface area (Å²) in [6, 6.07) is 0. The van der Waals surface area contributed by atoms with E-state index in [0.29, 0.717) is 72.0 Å². The van der Waals surface area contributed by atoms with Crippen molar-refractivity contribution in [1.29, 1.82) is 0 Å². The molecule has 0 fully saturated rings. The Bertz CT molecular complexity index is 454. The molecule has 2 amide bonds. The summed E-state index contributed by atoms with van der Waals surface area (Å²) in [6.45, 7) is 9.38. The van der Waals surface area contributed by atoms with Crippen LogP contribution in [-0.2, 0) is 33.4 Å². The molecule has 0 bridgehead atoms. The predicted molar refractivity (Wildman–Crippen MR) is 105 cm³/mol. The molecule has 10 heteroatoms. The van der Waals surface area contributed by atoms with Crippen molar-refractivity contribution >= 4 is 18.3 Å². The number of amides is 2. The molecule has 0 aliphatic heterocycles. The highest BCUT2D eigenvalue weighted by atomic mass is 16.7. The molecule has 2 N–H and O–H groups in total. The van der Waals surface area contributed by atoms with E-state index in [1.54, 1.807) is 0 Å². The molecular formula is C19H36N2O8. The Morgan fingerprint density at radius 1 is 0.931 bits per heavy atom. The molecule has 10 nitrogen and oxygen atoms in total. The third kappa shape index (κ3) is 20.8. The number of hydrogen-bond acceptors (Lipinski definition) is 7. The van der Waals surface area contributed by atoms with Crippen molar-refractivity contribution in [2.75, 3.05) is 52.7 Å². The first-order chi connectivity index (χ1) is 13.7. The number of carboxylic acid groups (broad SMARTS) is 1. The van der Waals surface area contributed by atoms with E-state index in [4.69, 9.17) is 24.2 Å². The van der Waals surface area contributed by atoms with Crippen LogP contribution in [0.25, 0.3) is 0 Å². The topological polar surface area (TPSA) is 124 Å². The van der Waals surface area contributed by atoms with Crippen molar-refractivity contribution < 1.29 is 38.5 Å². The van der Waals surface area contributed by atoms with Gasteiger partial charge in [-0.05, 0) is 33.6 Å². The quantitative estimate of drug-likeness (QED) is 0.180. The van der Waals surface area contributed by atoms with E-state index in [1.165, 1.54) is 5.06 Å². The number of carbonyl (C=O) groups is 3. The van der Waals surface area contributed by atoms with Gasteiger partial charge in [0.15, 0.2) is 0 Å². The minimum Gasteiger partial charge on any atom is -0.481 e. The Hall–Kier alpha value is -1.75. The fourth-order valence-corrected chi connectivity index (χ4v) is 2.05. The summed E-state index contributed by atoms with van der Waals surface area (Å²) >= 11 is 0. The number of ether oxygens (including phenoxy) is 3. The van der Waals surface area contributed by atoms with Gasteiger partial charge in [-0.15, -0.1) is 0 Å². The van der Waals surface area contributed by atoms with E-state index in [2.05, 4.69) is 5.32 Å². The van der Waals surface area contributed by atoms with E-state index in [1.807, 2.05) is 20.8 Å². The first-order valence-electron chi connectivity index (χ1n) is 9.87. The van der Waals surface area contributed by atoms with Crippen molar-refractivity contribution in [2.45, 2.75) is 52.1 Å². The lowest BCUT2D eigenvalue weighted by molar-refractivity contribution is -0.216. The maximum absolute atomic E-state index is 11.3. The molecule has 0 saturated carbocycles. The second-order valence-electron chi connectivity index (χ2n) is 7.24. The summed E-state index contributed by atoms with van der Waals surface area (Å²) in [5, 5.41) is 12.4. The molecule has 0 aromatic heterocycles. The van der Waals surface area contributed by atoms with Crippen LogP contribution >= 0.6 is 0 Å². The number of hydroxylamine groups is 2. The van der Waals surface area contributed by atoms with Gasteiger partial charge in [0.05, 0.1) is 45.0 Å². The highest BCUT2D eigenvalue weighted by Crippen LogP contribution is 2.09. The van der Waals surface area contributed by atoms with Crippen molar-refractivity contribution in [3.05, 3.63) is 0 Å². The lowest BCUT2D eigenvalue weighted by Gasteiger charge is -2.26. The molecule has 0 aromatic carbocycles. The predicted octanol–water partition coefficient (Wildman–Crippen LogP) is 0.986. The molecule has 0 saturated heterocycles. The number of nitrogens with zero attached hydrogens (tertiary/aromatic N) is 1. The van der Waals surface area contributed by atoms with Gasteiger partial charge < -0.3 is 24.6 Å². The van der Waals surface area contributed by atoms with Crippen LogP contribution in [0.5, 0.6) is 0 Å². The molecule has 170 valence electrons. The first kappa shape index (κ1) is 27.2. The van der Waals surface area contributed by atoms with Gasteiger partial charge in [-0.2, -0.15) is 0 Å². The Morgan fingerprint density at radius 3 is 2.00 bits per heavy atom. The van der Waals surface area contributed by atoms with Gasteiger partial charge in [0.25, 0.3) is 0 Å². The largest absolute Gasteiger partial charge is 0.481 e. The molecule has 0 aliphatic rings. The fourth-order valence-electron chi connectivity index (χ4n) is 2.05. The van der Waals surface area contributed by atoms with Gasteiger partial charge in [0.1, 0.15) is 0 Å². The van der Waals surface area contributed by atoms with E-state index in [-0.39, 0.29) is 18.7 Å². The highest BCUT2D eigenvalue weighted by molar-refractivity contribution is 5.80. The normalized spacial score (nSPS) is 11.3. The standard InChI is InChI=1S/C19H36N2O8/c1-19(2,3)29-21(16-22)9-5-11-27-13-15-28-14-12-26-10-4-8-20-17(23)6-7-18(24)25/h16H,4-15H2,1-3H3,(H,20,23)(H,24,25). The second kappa shape index (κ2) is 17.1. The van der Waals surface area contributed by atoms with Gasteiger partial charge in [0.2, 0.25) is 12.3 Å². The van der Waals surface area contributed by atoms with Crippen LogP contribution in [0.15, 0.2) is 0 Å².